The number of anilines is 1. The van der Waals surface area contributed by atoms with Crippen LogP contribution in [0.25, 0.3) is 0 Å². The number of nitrogens with one attached hydrogen (secondary N) is 1. The molecule has 6 heteroatoms. The number of carbonyl (C=O) groups excluding carboxylic acids is 2. The predicted octanol–water partition coefficient (Wildman–Crippen LogP) is 1.55. The van der Waals surface area contributed by atoms with Gasteiger partial charge in [-0.1, -0.05) is 12.1 Å². The van der Waals surface area contributed by atoms with E-state index in [2.05, 4.69) is 5.32 Å². The van der Waals surface area contributed by atoms with Crippen LogP contribution in [0.5, 0.6) is 5.75 Å². The molecule has 1 aromatic carbocycles. The number of alkyl carbamates (subject to hydrolysis) is 1. The maximum atomic E-state index is 12.1. The molecule has 1 aromatic rings. The first-order chi connectivity index (χ1) is 9.63. The van der Waals surface area contributed by atoms with Gasteiger partial charge < -0.3 is 19.7 Å². The topological polar surface area (TPSA) is 67.9 Å². The highest BCUT2D eigenvalue weighted by Gasteiger charge is 2.31. The zero-order valence-corrected chi connectivity index (χ0v) is 11.6. The lowest BCUT2D eigenvalue weighted by molar-refractivity contribution is -0.126. The minimum Gasteiger partial charge on any atom is -0.478 e. The van der Waals surface area contributed by atoms with Gasteiger partial charge in [0.15, 0.2) is 6.10 Å². The van der Waals surface area contributed by atoms with Crippen LogP contribution in [0.15, 0.2) is 24.3 Å². The van der Waals surface area contributed by atoms with Crippen LogP contribution < -0.4 is 15.0 Å². The van der Waals surface area contributed by atoms with E-state index < -0.39 is 12.2 Å². The van der Waals surface area contributed by atoms with Gasteiger partial charge in [0.25, 0.3) is 5.91 Å². The number of likely N-dealkylation sites (N-methyl/N-ethyl adjacent to an activating group) is 1. The summed E-state index contributed by atoms with van der Waals surface area (Å²) in [6.45, 7) is 2.38. The molecule has 2 amide bonds. The minimum atomic E-state index is -0.586. The molecule has 1 unspecified atom stereocenters. The third-order valence-electron chi connectivity index (χ3n) is 3.05. The van der Waals surface area contributed by atoms with Crippen LogP contribution in [-0.4, -0.2) is 38.3 Å². The second-order valence-corrected chi connectivity index (χ2v) is 4.41. The standard InChI is InChI=1S/C14H18N2O4/c1-3-19-14(18)15-9-8-12-13(17)16(2)10-6-4-5-7-11(10)20-12/h4-7,12H,3,8-9H2,1-2H3,(H,15,18). The number of ether oxygens (including phenoxy) is 2. The van der Waals surface area contributed by atoms with Crippen LogP contribution in [0.1, 0.15) is 13.3 Å². The molecule has 1 heterocycles. The van der Waals surface area contributed by atoms with Crippen LogP contribution in [0.2, 0.25) is 0 Å². The molecule has 108 valence electrons. The van der Waals surface area contributed by atoms with Crippen LogP contribution in [-0.2, 0) is 9.53 Å². The van der Waals surface area contributed by atoms with Crippen LogP contribution in [0.4, 0.5) is 10.5 Å². The van der Waals surface area contributed by atoms with Gasteiger partial charge >= 0.3 is 6.09 Å². The normalized spacial score (nSPS) is 17.2. The Labute approximate surface area is 117 Å². The number of benzene rings is 1. The van der Waals surface area contributed by atoms with Gasteiger partial charge in [0.1, 0.15) is 5.75 Å². The van der Waals surface area contributed by atoms with Gasteiger partial charge in [-0.15, -0.1) is 0 Å². The summed E-state index contributed by atoms with van der Waals surface area (Å²) in [7, 11) is 1.72. The number of hydrogen-bond donors (Lipinski definition) is 1. The summed E-state index contributed by atoms with van der Waals surface area (Å²) in [5.74, 6) is 0.560. The summed E-state index contributed by atoms with van der Waals surface area (Å²) in [6.07, 6.45) is -0.669. The maximum absolute atomic E-state index is 12.1. The Hall–Kier alpha value is -2.24. The van der Waals surface area contributed by atoms with Crippen molar-refractivity contribution in [1.29, 1.82) is 0 Å². The molecule has 0 bridgehead atoms. The zero-order chi connectivity index (χ0) is 14.5. The minimum absolute atomic E-state index is 0.116. The van der Waals surface area contributed by atoms with Crippen LogP contribution in [0, 0.1) is 0 Å². The highest BCUT2D eigenvalue weighted by atomic mass is 16.5. The molecule has 1 N–H and O–H groups in total. The van der Waals surface area contributed by atoms with Crippen LogP contribution in [0.3, 0.4) is 0 Å². The summed E-state index contributed by atoms with van der Waals surface area (Å²) in [5, 5.41) is 2.58. The Bertz CT molecular complexity index is 504. The molecule has 1 atom stereocenters. The lowest BCUT2D eigenvalue weighted by Crippen LogP contribution is -2.45. The van der Waals surface area contributed by atoms with Crippen molar-refractivity contribution in [2.45, 2.75) is 19.4 Å². The van der Waals surface area contributed by atoms with E-state index in [1.807, 2.05) is 24.3 Å². The van der Waals surface area contributed by atoms with Gasteiger partial charge in [-0.25, -0.2) is 4.79 Å². The molecule has 6 nitrogen and oxygen atoms in total. The molecule has 0 saturated heterocycles. The first-order valence-corrected chi connectivity index (χ1v) is 6.57. The maximum Gasteiger partial charge on any atom is 0.407 e. The first-order valence-electron chi connectivity index (χ1n) is 6.57. The molecule has 1 aliphatic rings. The summed E-state index contributed by atoms with van der Waals surface area (Å²) >= 11 is 0. The molecule has 0 aliphatic carbocycles. The molecule has 2 rings (SSSR count). The highest BCUT2D eigenvalue weighted by molar-refractivity contribution is 5.99. The molecular weight excluding hydrogens is 260 g/mol. The van der Waals surface area contributed by atoms with Crippen molar-refractivity contribution in [3.05, 3.63) is 24.3 Å². The Morgan fingerprint density at radius 2 is 2.20 bits per heavy atom. The lowest BCUT2D eigenvalue weighted by Gasteiger charge is -2.31. The van der Waals surface area contributed by atoms with E-state index >= 15 is 0 Å². The average molecular weight is 278 g/mol. The third kappa shape index (κ3) is 3.01. The second-order valence-electron chi connectivity index (χ2n) is 4.41. The fourth-order valence-corrected chi connectivity index (χ4v) is 2.04. The molecular formula is C14H18N2O4. The van der Waals surface area contributed by atoms with E-state index in [0.29, 0.717) is 25.3 Å². The SMILES string of the molecule is CCOC(=O)NCCC1Oc2ccccc2N(C)C1=O. The van der Waals surface area contributed by atoms with Gasteiger partial charge in [0.2, 0.25) is 0 Å². The Kier molecular flexibility index (Phi) is 4.45. The van der Waals surface area contributed by atoms with Gasteiger partial charge in [-0.3, -0.25) is 4.79 Å². The van der Waals surface area contributed by atoms with Crippen LogP contribution >= 0.6 is 0 Å². The van der Waals surface area contributed by atoms with Crippen molar-refractivity contribution in [3.8, 4) is 5.75 Å². The monoisotopic (exact) mass is 278 g/mol. The summed E-state index contributed by atoms with van der Waals surface area (Å²) < 4.78 is 10.4. The first kappa shape index (κ1) is 14.2. The second kappa shape index (κ2) is 6.27. The molecule has 0 spiro atoms. The average Bonchev–Trinajstić information content (AvgIpc) is 2.44. The number of amides is 2. The van der Waals surface area contributed by atoms with E-state index in [9.17, 15) is 9.59 Å². The third-order valence-corrected chi connectivity index (χ3v) is 3.05. The fourth-order valence-electron chi connectivity index (χ4n) is 2.04. The molecule has 0 fully saturated rings. The predicted molar refractivity (Wildman–Crippen MR) is 73.9 cm³/mol. The van der Waals surface area contributed by atoms with Gasteiger partial charge in [-0.2, -0.15) is 0 Å². The number of carbonyl (C=O) groups is 2. The van der Waals surface area contributed by atoms with Crippen molar-refractivity contribution < 1.29 is 19.1 Å². The smallest absolute Gasteiger partial charge is 0.407 e. The quantitative estimate of drug-likeness (QED) is 0.907. The number of fused-ring (bicyclic) bond motifs is 1. The number of para-hydroxylation sites is 2. The van der Waals surface area contributed by atoms with E-state index in [0.717, 1.165) is 5.69 Å². The fraction of sp³-hybridized carbons (Fsp3) is 0.429. The number of hydrogen-bond acceptors (Lipinski definition) is 4. The van der Waals surface area contributed by atoms with E-state index in [-0.39, 0.29) is 5.91 Å². The number of rotatable bonds is 4. The van der Waals surface area contributed by atoms with Crippen molar-refractivity contribution >= 4 is 17.7 Å². The Balaban J connectivity index is 1.94. The highest BCUT2D eigenvalue weighted by Crippen LogP contribution is 2.33. The summed E-state index contributed by atoms with van der Waals surface area (Å²) in [6, 6.07) is 7.37. The molecule has 0 saturated carbocycles. The zero-order valence-electron chi connectivity index (χ0n) is 11.6. The number of nitrogens with zero attached hydrogens (tertiary/aromatic N) is 1. The largest absolute Gasteiger partial charge is 0.478 e. The van der Waals surface area contributed by atoms with Crippen molar-refractivity contribution in [2.75, 3.05) is 25.1 Å². The van der Waals surface area contributed by atoms with Gasteiger partial charge in [0, 0.05) is 20.0 Å². The molecule has 0 aromatic heterocycles. The molecule has 20 heavy (non-hydrogen) atoms. The Morgan fingerprint density at radius 3 is 2.95 bits per heavy atom. The van der Waals surface area contributed by atoms with Crippen molar-refractivity contribution in [1.82, 2.24) is 5.32 Å². The summed E-state index contributed by atoms with van der Waals surface area (Å²) in [4.78, 5) is 24.9. The van der Waals surface area contributed by atoms with E-state index in [1.165, 1.54) is 0 Å². The van der Waals surface area contributed by atoms with E-state index in [1.54, 1.807) is 18.9 Å². The van der Waals surface area contributed by atoms with Crippen molar-refractivity contribution in [2.24, 2.45) is 0 Å². The van der Waals surface area contributed by atoms with E-state index in [4.69, 9.17) is 9.47 Å². The Morgan fingerprint density at radius 1 is 1.45 bits per heavy atom. The molecule has 1 aliphatic heterocycles. The molecule has 0 radical (unpaired) electrons. The van der Waals surface area contributed by atoms with Gasteiger partial charge in [-0.05, 0) is 19.1 Å². The summed E-state index contributed by atoms with van der Waals surface area (Å²) in [5.41, 5.74) is 0.757. The lowest BCUT2D eigenvalue weighted by atomic mass is 10.1. The van der Waals surface area contributed by atoms with Gasteiger partial charge in [0.05, 0.1) is 12.3 Å². The van der Waals surface area contributed by atoms with Crippen molar-refractivity contribution in [3.63, 3.8) is 0 Å².